The summed E-state index contributed by atoms with van der Waals surface area (Å²) in [6.07, 6.45) is 20.4. The minimum atomic E-state index is -0.395. The van der Waals surface area contributed by atoms with Crippen molar-refractivity contribution in [2.24, 2.45) is 0 Å². The summed E-state index contributed by atoms with van der Waals surface area (Å²) in [5, 5.41) is 14.4. The zero-order valence-corrected chi connectivity index (χ0v) is 24.7. The van der Waals surface area contributed by atoms with Crippen LogP contribution in [0.4, 0.5) is 10.6 Å². The van der Waals surface area contributed by atoms with E-state index in [2.05, 4.69) is 41.1 Å². The van der Waals surface area contributed by atoms with Crippen molar-refractivity contribution in [2.75, 3.05) is 38.8 Å². The third kappa shape index (κ3) is 11.9. The highest BCUT2D eigenvalue weighted by molar-refractivity contribution is 5.66. The van der Waals surface area contributed by atoms with Crippen LogP contribution in [0.2, 0.25) is 0 Å². The third-order valence-corrected chi connectivity index (χ3v) is 5.97. The van der Waals surface area contributed by atoms with Gasteiger partial charge in [-0.05, 0) is 57.8 Å². The number of anilines is 1. The number of allylic oxidation sites excluding steroid dienone is 6. The number of carbonyl (C=O) groups excluding carboxylic acids is 1. The molecule has 0 aromatic carbocycles. The molecule has 1 aliphatic carbocycles. The maximum absolute atomic E-state index is 10.6. The number of carbonyl (C=O) groups is 1. The van der Waals surface area contributed by atoms with E-state index in [9.17, 15) is 9.90 Å². The van der Waals surface area contributed by atoms with E-state index in [1.54, 1.807) is 13.2 Å². The molecular weight excluding hydrogens is 492 g/mol. The highest BCUT2D eigenvalue weighted by Crippen LogP contribution is 2.20. The van der Waals surface area contributed by atoms with Crippen LogP contribution in [0, 0.1) is 0 Å². The molecule has 1 amide bonds. The van der Waals surface area contributed by atoms with Gasteiger partial charge in [-0.15, -0.1) is 0 Å². The molecule has 1 fully saturated rings. The van der Waals surface area contributed by atoms with Crippen molar-refractivity contribution in [1.82, 2.24) is 15.3 Å². The van der Waals surface area contributed by atoms with E-state index in [0.29, 0.717) is 12.4 Å². The Morgan fingerprint density at radius 1 is 1.26 bits per heavy atom. The van der Waals surface area contributed by atoms with Gasteiger partial charge < -0.3 is 24.8 Å². The van der Waals surface area contributed by atoms with Crippen molar-refractivity contribution >= 4 is 24.1 Å². The van der Waals surface area contributed by atoms with Crippen molar-refractivity contribution < 1.29 is 19.4 Å². The second kappa shape index (κ2) is 19.6. The summed E-state index contributed by atoms with van der Waals surface area (Å²) in [6.45, 7) is 14.1. The zero-order chi connectivity index (χ0) is 29.0. The molecule has 0 radical (unpaired) electrons. The van der Waals surface area contributed by atoms with Crippen molar-refractivity contribution in [3.8, 4) is 0 Å². The van der Waals surface area contributed by atoms with E-state index >= 15 is 0 Å². The predicted octanol–water partition coefficient (Wildman–Crippen LogP) is 5.07. The summed E-state index contributed by atoms with van der Waals surface area (Å²) in [6, 6.07) is 0. The first kappa shape index (κ1) is 33.6. The number of nitrogens with one attached hydrogen (secondary N) is 1. The fourth-order valence-corrected chi connectivity index (χ4v) is 3.99. The number of ether oxygens (including phenoxy) is 2. The molecular formula is C31H48N4O4. The summed E-state index contributed by atoms with van der Waals surface area (Å²) < 4.78 is 9.69. The lowest BCUT2D eigenvalue weighted by Crippen LogP contribution is -2.41. The number of hydrogen-bond acceptors (Lipinski definition) is 7. The number of piperidine rings is 1. The molecule has 0 bridgehead atoms. The summed E-state index contributed by atoms with van der Waals surface area (Å²) >= 11 is 0. The lowest BCUT2D eigenvalue weighted by molar-refractivity contribution is 0.0823. The van der Waals surface area contributed by atoms with Crippen LogP contribution in [0.25, 0.3) is 12.2 Å². The second-order valence-electron chi connectivity index (χ2n) is 8.88. The Labute approximate surface area is 234 Å². The molecule has 1 aliphatic heterocycles. The number of nitrogens with zero attached hydrogens (tertiary/aromatic N) is 3. The molecule has 2 unspecified atom stereocenters. The van der Waals surface area contributed by atoms with Crippen LogP contribution in [-0.4, -0.2) is 61.1 Å². The average Bonchev–Trinajstić information content (AvgIpc) is 3.22. The van der Waals surface area contributed by atoms with Crippen molar-refractivity contribution in [3.63, 3.8) is 0 Å². The predicted molar refractivity (Wildman–Crippen MR) is 161 cm³/mol. The zero-order valence-electron chi connectivity index (χ0n) is 24.7. The average molecular weight is 541 g/mol. The quantitative estimate of drug-likeness (QED) is 0.256. The Morgan fingerprint density at radius 3 is 2.59 bits per heavy atom. The summed E-state index contributed by atoms with van der Waals surface area (Å²) in [5.41, 5.74) is 0. The Morgan fingerprint density at radius 2 is 1.97 bits per heavy atom. The maximum Gasteiger partial charge on any atom is 0.407 e. The first-order valence-corrected chi connectivity index (χ1v) is 14.0. The van der Waals surface area contributed by atoms with Crippen LogP contribution in [-0.2, 0) is 9.47 Å². The molecule has 1 aromatic rings. The Hall–Kier alpha value is -3.39. The molecule has 3 rings (SSSR count). The molecule has 1 saturated heterocycles. The van der Waals surface area contributed by atoms with Crippen molar-refractivity contribution in [3.05, 3.63) is 65.2 Å². The Kier molecular flexibility index (Phi) is 16.9. The molecule has 1 aromatic heterocycles. The molecule has 2 atom stereocenters. The van der Waals surface area contributed by atoms with Crippen LogP contribution < -0.4 is 20.8 Å². The first-order valence-electron chi connectivity index (χ1n) is 14.0. The minimum Gasteiger partial charge on any atom is -0.508 e. The number of alkyl carbamates (subject to hydrolysis) is 1. The van der Waals surface area contributed by atoms with Gasteiger partial charge in [0.25, 0.3) is 0 Å². The van der Waals surface area contributed by atoms with Gasteiger partial charge in [-0.25, -0.2) is 14.8 Å². The fraction of sp³-hybridized carbons (Fsp3) is 0.516. The third-order valence-electron chi connectivity index (χ3n) is 5.97. The van der Waals surface area contributed by atoms with Crippen molar-refractivity contribution in [2.45, 2.75) is 71.8 Å². The van der Waals surface area contributed by atoms with E-state index < -0.39 is 6.09 Å². The largest absolute Gasteiger partial charge is 0.508 e. The number of amides is 1. The highest BCUT2D eigenvalue weighted by atomic mass is 16.6. The van der Waals surface area contributed by atoms with Gasteiger partial charge in [0.1, 0.15) is 23.5 Å². The summed E-state index contributed by atoms with van der Waals surface area (Å²) in [4.78, 5) is 22.8. The van der Waals surface area contributed by atoms with E-state index in [0.717, 1.165) is 42.3 Å². The molecule has 216 valence electrons. The number of aromatic nitrogens is 2. The first-order chi connectivity index (χ1) is 18.9. The van der Waals surface area contributed by atoms with Gasteiger partial charge >= 0.3 is 6.09 Å². The van der Waals surface area contributed by atoms with E-state index in [1.807, 2.05) is 39.8 Å². The van der Waals surface area contributed by atoms with E-state index in [-0.39, 0.29) is 17.8 Å². The van der Waals surface area contributed by atoms with E-state index in [1.165, 1.54) is 32.4 Å². The lowest BCUT2D eigenvalue weighted by atomic mass is 10.1. The van der Waals surface area contributed by atoms with Crippen LogP contribution in [0.15, 0.2) is 48.8 Å². The number of aliphatic hydroxyl groups is 1. The number of aliphatic hydroxyl groups excluding tert-OH is 1. The van der Waals surface area contributed by atoms with Crippen molar-refractivity contribution in [1.29, 1.82) is 0 Å². The molecule has 8 heteroatoms. The molecule has 39 heavy (non-hydrogen) atoms. The molecule has 8 nitrogen and oxygen atoms in total. The van der Waals surface area contributed by atoms with Gasteiger partial charge in [-0.2, -0.15) is 0 Å². The number of fused-ring (bicyclic) bond motifs is 1. The van der Waals surface area contributed by atoms with Gasteiger partial charge in [-0.1, -0.05) is 50.8 Å². The van der Waals surface area contributed by atoms with Gasteiger partial charge in [0, 0.05) is 45.5 Å². The number of hydrogen-bond donors (Lipinski definition) is 2. The van der Waals surface area contributed by atoms with Crippen LogP contribution in [0.1, 0.15) is 71.5 Å². The SMILES string of the molecule is C=CC(O)=CC(/C=C\C)c1nc(N2CCCCC2)c2c(n1)=CC=CCC=2.CC.CNC(=O)OC(C)CCOC. The Balaban J connectivity index is 0.000000495. The molecule has 2 N–H and O–H groups in total. The summed E-state index contributed by atoms with van der Waals surface area (Å²) in [5.74, 6) is 1.68. The van der Waals surface area contributed by atoms with E-state index in [4.69, 9.17) is 19.4 Å². The van der Waals surface area contributed by atoms with Gasteiger partial charge in [0.2, 0.25) is 0 Å². The normalized spacial score (nSPS) is 16.1. The standard InChI is InChI=1S/C22H27N3O.C7H15NO3.C2H6/c1-3-11-17(16-18(26)4-2)21-23-20-13-8-5-7-12-19(20)22(24-21)25-14-9-6-10-15-25;1-6(4-5-10-3)11-7(9)8-2;1-2/h3-5,8,11-13,16-17,26H,2,6-7,9-10,14-15H2,1H3;6H,4-5H2,1-3H3,(H,8,9);1-2H3/b11-3-,18-16?;;. The monoisotopic (exact) mass is 540 g/mol. The van der Waals surface area contributed by atoms with Gasteiger partial charge in [0.05, 0.1) is 11.3 Å². The fourth-order valence-electron chi connectivity index (χ4n) is 3.99. The minimum absolute atomic E-state index is 0.0881. The second-order valence-corrected chi connectivity index (χ2v) is 8.88. The van der Waals surface area contributed by atoms with Crippen LogP contribution in [0.5, 0.6) is 0 Å². The van der Waals surface area contributed by atoms with Gasteiger partial charge in [0.15, 0.2) is 0 Å². The molecule has 2 heterocycles. The van der Waals surface area contributed by atoms with Crippen LogP contribution >= 0.6 is 0 Å². The molecule has 0 spiro atoms. The number of methoxy groups -OCH3 is 1. The molecule has 2 aliphatic rings. The maximum atomic E-state index is 10.6. The molecule has 0 saturated carbocycles. The topological polar surface area (TPSA) is 96.8 Å². The number of rotatable bonds is 9. The Bertz CT molecular complexity index is 1090. The smallest absolute Gasteiger partial charge is 0.407 e. The van der Waals surface area contributed by atoms with Crippen LogP contribution in [0.3, 0.4) is 0 Å². The lowest BCUT2D eigenvalue weighted by Gasteiger charge is -2.28. The highest BCUT2D eigenvalue weighted by Gasteiger charge is 2.18. The van der Waals surface area contributed by atoms with Gasteiger partial charge in [-0.3, -0.25) is 0 Å². The summed E-state index contributed by atoms with van der Waals surface area (Å²) in [7, 11) is 3.15.